The maximum Gasteiger partial charge on any atom is 0.469 e. The average molecular weight is 793 g/mol. The quantitative estimate of drug-likeness (QED) is 0.0206. The molecule has 0 saturated carbocycles. The van der Waals surface area contributed by atoms with Gasteiger partial charge in [-0.1, -0.05) is 152 Å². The van der Waals surface area contributed by atoms with Crippen molar-refractivity contribution in [3.05, 3.63) is 60.8 Å². The number of esters is 2. The molecule has 2 unspecified atom stereocenters. The van der Waals surface area contributed by atoms with Gasteiger partial charge in [-0.2, -0.15) is 0 Å². The maximum absolute atomic E-state index is 12.4. The molecule has 1 fully saturated rings. The number of rotatable bonds is 38. The van der Waals surface area contributed by atoms with Crippen molar-refractivity contribution in [3.63, 3.8) is 0 Å². The Bertz CT molecular complexity index is 1140. The van der Waals surface area contributed by atoms with Crippen molar-refractivity contribution in [2.75, 3.05) is 13.2 Å². The van der Waals surface area contributed by atoms with Crippen LogP contribution in [0.4, 0.5) is 0 Å². The number of ether oxygens (including phenoxy) is 3. The summed E-state index contributed by atoms with van der Waals surface area (Å²) in [6.45, 7) is 3.58. The highest BCUT2D eigenvalue weighted by atomic mass is 31.2. The van der Waals surface area contributed by atoms with Gasteiger partial charge in [-0.15, -0.1) is 0 Å². The zero-order valence-corrected chi connectivity index (χ0v) is 35.4. The van der Waals surface area contributed by atoms with Gasteiger partial charge < -0.3 is 24.0 Å². The minimum atomic E-state index is -4.78. The lowest BCUT2D eigenvalue weighted by atomic mass is 10.1. The summed E-state index contributed by atoms with van der Waals surface area (Å²) in [5, 5.41) is 0. The smallest absolute Gasteiger partial charge is 0.462 e. The van der Waals surface area contributed by atoms with Gasteiger partial charge >= 0.3 is 19.8 Å². The fourth-order valence-electron chi connectivity index (χ4n) is 6.08. The molecule has 1 rings (SSSR count). The number of epoxide rings is 1. The van der Waals surface area contributed by atoms with Gasteiger partial charge in [-0.25, -0.2) is 4.57 Å². The van der Waals surface area contributed by atoms with Crippen LogP contribution in [0.1, 0.15) is 181 Å². The second kappa shape index (κ2) is 36.1. The summed E-state index contributed by atoms with van der Waals surface area (Å²) < 4.78 is 32.1. The van der Waals surface area contributed by atoms with E-state index < -0.39 is 32.5 Å². The standard InChI is InChI=1S/C45H77O9P/c1-3-5-7-8-9-10-11-12-13-14-15-16-17-18-19-23-26-29-33-37-44(46)51-39-41(40-52-55(48,49)50)53-45(47)38-34-30-27-24-21-20-22-25-28-32-36-43-42(54-43)35-31-6-4-2/h9-10,12-13,20,22,24,27-28,32,41-43H,3-8,11,14-19,21,23,25-26,29-31,33-40H2,1-2H3,(H2,48,49,50)/b10-9-,13-12-,22-20-,27-24-,32-28-/t41-,42?,43?/m1/s1. The van der Waals surface area contributed by atoms with Crippen molar-refractivity contribution in [3.8, 4) is 0 Å². The van der Waals surface area contributed by atoms with Crippen LogP contribution >= 0.6 is 7.82 Å². The number of hydrogen-bond donors (Lipinski definition) is 2. The second-order valence-electron chi connectivity index (χ2n) is 14.7. The zero-order chi connectivity index (χ0) is 40.1. The molecule has 3 atom stereocenters. The molecule has 10 heteroatoms. The molecule has 0 aromatic heterocycles. The highest BCUT2D eigenvalue weighted by Crippen LogP contribution is 2.36. The van der Waals surface area contributed by atoms with Crippen LogP contribution < -0.4 is 0 Å². The third kappa shape index (κ3) is 35.8. The summed E-state index contributed by atoms with van der Waals surface area (Å²) in [6.07, 6.45) is 48.3. The number of phosphoric ester groups is 1. The topological polar surface area (TPSA) is 132 Å². The van der Waals surface area contributed by atoms with Gasteiger partial charge in [0, 0.05) is 12.8 Å². The summed E-state index contributed by atoms with van der Waals surface area (Å²) in [6, 6.07) is 0. The van der Waals surface area contributed by atoms with E-state index >= 15 is 0 Å². The number of carbonyl (C=O) groups excluding carboxylic acids is 2. The fraction of sp³-hybridized carbons (Fsp3) is 0.733. The van der Waals surface area contributed by atoms with Crippen LogP contribution in [-0.2, 0) is 32.9 Å². The summed E-state index contributed by atoms with van der Waals surface area (Å²) in [5.74, 6) is -0.962. The number of allylic oxidation sites excluding steroid dienone is 9. The van der Waals surface area contributed by atoms with Gasteiger partial charge in [-0.3, -0.25) is 14.1 Å². The summed E-state index contributed by atoms with van der Waals surface area (Å²) in [5.41, 5.74) is 0. The molecule has 55 heavy (non-hydrogen) atoms. The van der Waals surface area contributed by atoms with Crippen molar-refractivity contribution in [1.82, 2.24) is 0 Å². The lowest BCUT2D eigenvalue weighted by Gasteiger charge is -2.18. The molecular weight excluding hydrogens is 715 g/mol. The van der Waals surface area contributed by atoms with Gasteiger partial charge in [0.1, 0.15) is 6.61 Å². The molecule has 2 N–H and O–H groups in total. The molecule has 0 bridgehead atoms. The Kier molecular flexibility index (Phi) is 33.3. The van der Waals surface area contributed by atoms with Gasteiger partial charge in [0.15, 0.2) is 6.10 Å². The highest BCUT2D eigenvalue weighted by Gasteiger charge is 2.36. The van der Waals surface area contributed by atoms with Crippen LogP contribution in [0.5, 0.6) is 0 Å². The Morgan fingerprint density at radius 1 is 0.582 bits per heavy atom. The SMILES string of the molecule is CCCCC/C=C\C/C=C\CCCCCCCCCCCC(=O)OC[C@H](COP(=O)(O)O)OC(=O)CCC/C=C\C/C=C\C/C=C\CC1OC1CCCCC. The largest absolute Gasteiger partial charge is 0.469 e. The normalized spacial score (nSPS) is 16.7. The van der Waals surface area contributed by atoms with Crippen LogP contribution in [0, 0.1) is 0 Å². The van der Waals surface area contributed by atoms with E-state index in [0.29, 0.717) is 31.5 Å². The summed E-state index contributed by atoms with van der Waals surface area (Å²) in [4.78, 5) is 42.9. The molecule has 1 aliphatic rings. The van der Waals surface area contributed by atoms with Crippen molar-refractivity contribution in [2.45, 2.75) is 199 Å². The van der Waals surface area contributed by atoms with Crippen molar-refractivity contribution >= 4 is 19.8 Å². The lowest BCUT2D eigenvalue weighted by Crippen LogP contribution is -2.29. The van der Waals surface area contributed by atoms with Gasteiger partial charge in [-0.05, 0) is 77.0 Å². The Morgan fingerprint density at radius 2 is 1.07 bits per heavy atom. The molecule has 0 amide bonds. The number of hydrogen-bond acceptors (Lipinski definition) is 7. The molecule has 0 aromatic carbocycles. The van der Waals surface area contributed by atoms with Crippen molar-refractivity contribution < 1.29 is 42.7 Å². The molecule has 9 nitrogen and oxygen atoms in total. The lowest BCUT2D eigenvalue weighted by molar-refractivity contribution is -0.161. The Labute approximate surface area is 334 Å². The average Bonchev–Trinajstić information content (AvgIpc) is 3.91. The predicted octanol–water partition coefficient (Wildman–Crippen LogP) is 12.3. The van der Waals surface area contributed by atoms with E-state index in [1.807, 2.05) is 6.08 Å². The first-order chi connectivity index (χ1) is 26.7. The van der Waals surface area contributed by atoms with E-state index in [4.69, 9.17) is 24.0 Å². The van der Waals surface area contributed by atoms with Crippen LogP contribution in [0.15, 0.2) is 60.8 Å². The molecule has 1 heterocycles. The second-order valence-corrected chi connectivity index (χ2v) is 15.9. The van der Waals surface area contributed by atoms with Gasteiger partial charge in [0.25, 0.3) is 0 Å². The highest BCUT2D eigenvalue weighted by molar-refractivity contribution is 7.46. The van der Waals surface area contributed by atoms with E-state index in [-0.39, 0.29) is 19.4 Å². The number of phosphoric acid groups is 1. The van der Waals surface area contributed by atoms with E-state index in [9.17, 15) is 14.2 Å². The molecule has 316 valence electrons. The summed E-state index contributed by atoms with van der Waals surface area (Å²) >= 11 is 0. The van der Waals surface area contributed by atoms with E-state index in [2.05, 4.69) is 73.1 Å². The summed E-state index contributed by atoms with van der Waals surface area (Å²) in [7, 11) is -4.78. The van der Waals surface area contributed by atoms with Gasteiger partial charge in [0.2, 0.25) is 0 Å². The van der Waals surface area contributed by atoms with E-state index in [1.54, 1.807) is 0 Å². The van der Waals surface area contributed by atoms with Crippen molar-refractivity contribution in [2.24, 2.45) is 0 Å². The molecule has 1 saturated heterocycles. The fourth-order valence-corrected chi connectivity index (χ4v) is 6.44. The van der Waals surface area contributed by atoms with Crippen LogP contribution in [0.25, 0.3) is 0 Å². The predicted molar refractivity (Wildman–Crippen MR) is 225 cm³/mol. The number of carbonyl (C=O) groups is 2. The van der Waals surface area contributed by atoms with E-state index in [0.717, 1.165) is 51.4 Å². The molecule has 1 aliphatic heterocycles. The Hall–Kier alpha value is -2.29. The molecular formula is C45H77O9P. The first-order valence-corrected chi connectivity index (χ1v) is 23.2. The third-order valence-electron chi connectivity index (χ3n) is 9.43. The van der Waals surface area contributed by atoms with Crippen molar-refractivity contribution in [1.29, 1.82) is 0 Å². The van der Waals surface area contributed by atoms with Crippen LogP contribution in [-0.4, -0.2) is 53.3 Å². The monoisotopic (exact) mass is 793 g/mol. The molecule has 0 spiro atoms. The minimum absolute atomic E-state index is 0.129. The maximum atomic E-state index is 12.4. The number of unbranched alkanes of at least 4 members (excludes halogenated alkanes) is 15. The Balaban J connectivity index is 2.08. The van der Waals surface area contributed by atoms with Crippen LogP contribution in [0.3, 0.4) is 0 Å². The molecule has 0 radical (unpaired) electrons. The molecule has 0 aromatic rings. The van der Waals surface area contributed by atoms with Crippen LogP contribution in [0.2, 0.25) is 0 Å². The zero-order valence-electron chi connectivity index (χ0n) is 34.5. The van der Waals surface area contributed by atoms with Gasteiger partial charge in [0.05, 0.1) is 18.8 Å². The third-order valence-corrected chi connectivity index (χ3v) is 9.92. The van der Waals surface area contributed by atoms with E-state index in [1.165, 1.54) is 83.5 Å². The minimum Gasteiger partial charge on any atom is -0.462 e. The first-order valence-electron chi connectivity index (χ1n) is 21.7. The first kappa shape index (κ1) is 50.7. The molecule has 0 aliphatic carbocycles. The Morgan fingerprint density at radius 3 is 1.67 bits per heavy atom.